The minimum atomic E-state index is 0.474. The maximum Gasteiger partial charge on any atom is 0.144 e. The molecule has 1 heterocycles. The Labute approximate surface area is 76.0 Å². The molecule has 0 fully saturated rings. The first kappa shape index (κ1) is 8.82. The number of nitriles is 1. The zero-order valence-electron chi connectivity index (χ0n) is 6.63. The van der Waals surface area contributed by atoms with Gasteiger partial charge in [0.05, 0.1) is 10.6 Å². The first-order chi connectivity index (χ1) is 5.77. The fourth-order valence-corrected chi connectivity index (χ4v) is 1.03. The van der Waals surface area contributed by atoms with Crippen LogP contribution < -0.4 is 5.32 Å². The molecule has 1 aromatic rings. The molecule has 1 rings (SSSR count). The van der Waals surface area contributed by atoms with E-state index in [0.717, 1.165) is 6.54 Å². The summed E-state index contributed by atoms with van der Waals surface area (Å²) in [6.45, 7) is 2.72. The molecule has 0 aromatic carbocycles. The van der Waals surface area contributed by atoms with Crippen LogP contribution in [0.1, 0.15) is 12.5 Å². The van der Waals surface area contributed by atoms with E-state index in [9.17, 15) is 0 Å². The van der Waals surface area contributed by atoms with Crippen molar-refractivity contribution in [1.29, 1.82) is 5.26 Å². The minimum Gasteiger partial charge on any atom is -0.369 e. The van der Waals surface area contributed by atoms with Crippen LogP contribution in [-0.2, 0) is 0 Å². The summed E-state index contributed by atoms with van der Waals surface area (Å²) in [5.74, 6) is 0.623. The quantitative estimate of drug-likeness (QED) is 0.760. The Morgan fingerprint density at radius 3 is 3.00 bits per heavy atom. The third kappa shape index (κ3) is 1.86. The summed E-state index contributed by atoms with van der Waals surface area (Å²) >= 11 is 5.81. The van der Waals surface area contributed by atoms with Crippen LogP contribution in [0.4, 0.5) is 5.82 Å². The summed E-state index contributed by atoms with van der Waals surface area (Å²) in [4.78, 5) is 3.97. The van der Waals surface area contributed by atoms with Gasteiger partial charge in [-0.05, 0) is 13.0 Å². The molecule has 0 unspecified atom stereocenters. The number of halogens is 1. The zero-order chi connectivity index (χ0) is 8.97. The van der Waals surface area contributed by atoms with E-state index < -0.39 is 0 Å². The molecule has 0 aliphatic rings. The largest absolute Gasteiger partial charge is 0.369 e. The monoisotopic (exact) mass is 181 g/mol. The molecule has 0 bridgehead atoms. The molecule has 12 heavy (non-hydrogen) atoms. The molecule has 0 amide bonds. The molecule has 1 N–H and O–H groups in total. The topological polar surface area (TPSA) is 48.7 Å². The second-order valence-corrected chi connectivity index (χ2v) is 2.60. The summed E-state index contributed by atoms with van der Waals surface area (Å²) in [6.07, 6.45) is 1.49. The van der Waals surface area contributed by atoms with E-state index in [-0.39, 0.29) is 0 Å². The van der Waals surface area contributed by atoms with Crippen molar-refractivity contribution in [2.75, 3.05) is 11.9 Å². The first-order valence-corrected chi connectivity index (χ1v) is 3.95. The Hall–Kier alpha value is -1.27. The fraction of sp³-hybridized carbons (Fsp3) is 0.250. The molecule has 0 aliphatic carbocycles. The van der Waals surface area contributed by atoms with Crippen LogP contribution in [0.5, 0.6) is 0 Å². The molecule has 3 nitrogen and oxygen atoms in total. The predicted molar refractivity (Wildman–Crippen MR) is 48.1 cm³/mol. The van der Waals surface area contributed by atoms with E-state index in [0.29, 0.717) is 16.4 Å². The van der Waals surface area contributed by atoms with Crippen molar-refractivity contribution in [3.05, 3.63) is 22.8 Å². The number of hydrogen-bond donors (Lipinski definition) is 1. The SMILES string of the molecule is CCNc1ncc(C#N)cc1Cl. The Balaban J connectivity index is 2.97. The standard InChI is InChI=1S/C8H8ClN3/c1-2-11-8-7(9)3-6(4-10)5-12-8/h3,5H,2H2,1H3,(H,11,12). The zero-order valence-corrected chi connectivity index (χ0v) is 7.39. The number of aromatic nitrogens is 1. The lowest BCUT2D eigenvalue weighted by atomic mass is 10.3. The van der Waals surface area contributed by atoms with E-state index in [1.54, 1.807) is 6.07 Å². The first-order valence-electron chi connectivity index (χ1n) is 3.57. The molecule has 0 spiro atoms. The van der Waals surface area contributed by atoms with Gasteiger partial charge in [0, 0.05) is 12.7 Å². The summed E-state index contributed by atoms with van der Waals surface area (Å²) < 4.78 is 0. The molecule has 0 saturated carbocycles. The van der Waals surface area contributed by atoms with E-state index in [2.05, 4.69) is 10.3 Å². The lowest BCUT2D eigenvalue weighted by Crippen LogP contribution is -1.99. The van der Waals surface area contributed by atoms with Crippen molar-refractivity contribution >= 4 is 17.4 Å². The average molecular weight is 182 g/mol. The lowest BCUT2D eigenvalue weighted by molar-refractivity contribution is 1.16. The van der Waals surface area contributed by atoms with Gasteiger partial charge in [-0.3, -0.25) is 0 Å². The van der Waals surface area contributed by atoms with Gasteiger partial charge < -0.3 is 5.32 Å². The third-order valence-corrected chi connectivity index (χ3v) is 1.60. The maximum atomic E-state index is 8.51. The van der Waals surface area contributed by atoms with E-state index in [1.807, 2.05) is 13.0 Å². The molecule has 0 atom stereocenters. The van der Waals surface area contributed by atoms with Crippen LogP contribution in [0.15, 0.2) is 12.3 Å². The Morgan fingerprint density at radius 2 is 2.50 bits per heavy atom. The third-order valence-electron chi connectivity index (χ3n) is 1.31. The van der Waals surface area contributed by atoms with Crippen LogP contribution in [0.25, 0.3) is 0 Å². The van der Waals surface area contributed by atoms with Crippen LogP contribution in [0.2, 0.25) is 5.02 Å². The maximum absolute atomic E-state index is 8.51. The predicted octanol–water partition coefficient (Wildman–Crippen LogP) is 2.04. The molecule has 1 aromatic heterocycles. The molecular weight excluding hydrogens is 174 g/mol. The Bertz CT molecular complexity index is 317. The van der Waals surface area contributed by atoms with Crippen molar-refractivity contribution in [2.45, 2.75) is 6.92 Å². The highest BCUT2D eigenvalue weighted by molar-refractivity contribution is 6.33. The number of nitrogens with one attached hydrogen (secondary N) is 1. The van der Waals surface area contributed by atoms with Gasteiger partial charge in [0.15, 0.2) is 0 Å². The van der Waals surface area contributed by atoms with Crippen molar-refractivity contribution < 1.29 is 0 Å². The van der Waals surface area contributed by atoms with Crippen LogP contribution >= 0.6 is 11.6 Å². The normalized spacial score (nSPS) is 9.08. The molecule has 62 valence electrons. The van der Waals surface area contributed by atoms with E-state index >= 15 is 0 Å². The van der Waals surface area contributed by atoms with Gasteiger partial charge in [0.1, 0.15) is 11.9 Å². The van der Waals surface area contributed by atoms with Gasteiger partial charge in [-0.15, -0.1) is 0 Å². The number of hydrogen-bond acceptors (Lipinski definition) is 3. The summed E-state index contributed by atoms with van der Waals surface area (Å²) in [7, 11) is 0. The summed E-state index contributed by atoms with van der Waals surface area (Å²) in [5, 5.41) is 12.0. The van der Waals surface area contributed by atoms with Gasteiger partial charge in [-0.1, -0.05) is 11.6 Å². The lowest BCUT2D eigenvalue weighted by Gasteiger charge is -2.03. The number of pyridine rings is 1. The van der Waals surface area contributed by atoms with Crippen molar-refractivity contribution in [3.8, 4) is 6.07 Å². The van der Waals surface area contributed by atoms with Gasteiger partial charge in [0.2, 0.25) is 0 Å². The molecular formula is C8H8ClN3. The second-order valence-electron chi connectivity index (χ2n) is 2.20. The summed E-state index contributed by atoms with van der Waals surface area (Å²) in [5.41, 5.74) is 0.474. The highest BCUT2D eigenvalue weighted by Gasteiger charge is 2.00. The number of anilines is 1. The second kappa shape index (κ2) is 3.93. The smallest absolute Gasteiger partial charge is 0.144 e. The number of nitrogens with zero attached hydrogens (tertiary/aromatic N) is 2. The van der Waals surface area contributed by atoms with Gasteiger partial charge in [-0.25, -0.2) is 4.98 Å². The minimum absolute atomic E-state index is 0.474. The Kier molecular flexibility index (Phi) is 2.89. The molecule has 0 radical (unpaired) electrons. The summed E-state index contributed by atoms with van der Waals surface area (Å²) in [6, 6.07) is 3.55. The molecule has 0 aliphatic heterocycles. The average Bonchev–Trinajstić information content (AvgIpc) is 2.09. The molecule has 4 heteroatoms. The van der Waals surface area contributed by atoms with Crippen molar-refractivity contribution in [1.82, 2.24) is 4.98 Å². The van der Waals surface area contributed by atoms with Gasteiger partial charge in [-0.2, -0.15) is 5.26 Å². The van der Waals surface area contributed by atoms with Gasteiger partial charge >= 0.3 is 0 Å². The Morgan fingerprint density at radius 1 is 1.75 bits per heavy atom. The van der Waals surface area contributed by atoms with E-state index in [1.165, 1.54) is 6.20 Å². The van der Waals surface area contributed by atoms with Crippen LogP contribution in [0, 0.1) is 11.3 Å². The molecule has 0 saturated heterocycles. The fourth-order valence-electron chi connectivity index (χ4n) is 0.797. The van der Waals surface area contributed by atoms with E-state index in [4.69, 9.17) is 16.9 Å². The van der Waals surface area contributed by atoms with Crippen molar-refractivity contribution in [3.63, 3.8) is 0 Å². The van der Waals surface area contributed by atoms with Crippen LogP contribution in [-0.4, -0.2) is 11.5 Å². The van der Waals surface area contributed by atoms with Crippen molar-refractivity contribution in [2.24, 2.45) is 0 Å². The highest BCUT2D eigenvalue weighted by atomic mass is 35.5. The highest BCUT2D eigenvalue weighted by Crippen LogP contribution is 2.18. The number of rotatable bonds is 2. The van der Waals surface area contributed by atoms with Crippen LogP contribution in [0.3, 0.4) is 0 Å². The van der Waals surface area contributed by atoms with Gasteiger partial charge in [0.25, 0.3) is 0 Å².